The maximum absolute atomic E-state index is 12.9. The first-order chi connectivity index (χ1) is 13.7. The second-order valence-corrected chi connectivity index (χ2v) is 6.97. The number of aromatic nitrogens is 2. The molecule has 0 N–H and O–H groups in total. The Morgan fingerprint density at radius 3 is 2.79 bits per heavy atom. The number of amides is 1. The summed E-state index contributed by atoms with van der Waals surface area (Å²) in [5, 5.41) is 0. The maximum Gasteiger partial charge on any atom is 0.254 e. The molecule has 1 atom stereocenters. The molecule has 1 aromatic carbocycles. The van der Waals surface area contributed by atoms with Crippen LogP contribution in [0.25, 0.3) is 0 Å². The Kier molecular flexibility index (Phi) is 5.33. The number of hydrogen-bond acceptors (Lipinski definition) is 4. The highest BCUT2D eigenvalue weighted by Crippen LogP contribution is 2.32. The third-order valence-corrected chi connectivity index (χ3v) is 5.13. The van der Waals surface area contributed by atoms with Gasteiger partial charge in [0.25, 0.3) is 5.91 Å². The average molecular weight is 373 g/mol. The van der Waals surface area contributed by atoms with Gasteiger partial charge in [0.15, 0.2) is 0 Å². The van der Waals surface area contributed by atoms with Crippen LogP contribution in [0.5, 0.6) is 5.75 Å². The molecule has 3 heterocycles. The van der Waals surface area contributed by atoms with Crippen LogP contribution in [-0.2, 0) is 6.42 Å². The van der Waals surface area contributed by atoms with Crippen molar-refractivity contribution in [3.63, 3.8) is 0 Å². The summed E-state index contributed by atoms with van der Waals surface area (Å²) in [6, 6.07) is 17.7. The molecule has 0 saturated carbocycles. The Morgan fingerprint density at radius 1 is 1.14 bits per heavy atom. The molecule has 142 valence electrons. The van der Waals surface area contributed by atoms with Crippen molar-refractivity contribution in [1.29, 1.82) is 0 Å². The molecular weight excluding hydrogens is 350 g/mol. The van der Waals surface area contributed by atoms with Crippen molar-refractivity contribution in [3.05, 3.63) is 89.5 Å². The summed E-state index contributed by atoms with van der Waals surface area (Å²) in [7, 11) is 1.67. The summed E-state index contributed by atoms with van der Waals surface area (Å²) >= 11 is 0. The standard InChI is InChI=1S/C23H23N3O2/c1-28-20-7-2-5-17(16-20)15-19-6-3-8-21(25-19)22-9-4-14-26(22)23(27)18-10-12-24-13-11-18/h2-3,5-8,10-13,16,22H,4,9,14-15H2,1H3. The van der Waals surface area contributed by atoms with Gasteiger partial charge in [0.2, 0.25) is 0 Å². The second kappa shape index (κ2) is 8.21. The fraction of sp³-hybridized carbons (Fsp3) is 0.261. The molecule has 2 aromatic heterocycles. The van der Waals surface area contributed by atoms with Gasteiger partial charge in [-0.1, -0.05) is 18.2 Å². The van der Waals surface area contributed by atoms with Crippen LogP contribution in [0, 0.1) is 0 Å². The lowest BCUT2D eigenvalue weighted by molar-refractivity contribution is 0.0732. The van der Waals surface area contributed by atoms with Crippen molar-refractivity contribution in [2.45, 2.75) is 25.3 Å². The van der Waals surface area contributed by atoms with Gasteiger partial charge in [-0.3, -0.25) is 14.8 Å². The molecule has 28 heavy (non-hydrogen) atoms. The highest BCUT2D eigenvalue weighted by molar-refractivity contribution is 5.94. The van der Waals surface area contributed by atoms with E-state index in [0.29, 0.717) is 5.56 Å². The van der Waals surface area contributed by atoms with Crippen LogP contribution >= 0.6 is 0 Å². The van der Waals surface area contributed by atoms with Crippen LogP contribution in [-0.4, -0.2) is 34.4 Å². The first-order valence-corrected chi connectivity index (χ1v) is 9.54. The van der Waals surface area contributed by atoms with E-state index in [9.17, 15) is 4.79 Å². The van der Waals surface area contributed by atoms with E-state index in [1.54, 1.807) is 31.6 Å². The minimum Gasteiger partial charge on any atom is -0.497 e. The van der Waals surface area contributed by atoms with Crippen LogP contribution in [0.15, 0.2) is 67.0 Å². The molecule has 3 aromatic rings. The van der Waals surface area contributed by atoms with E-state index < -0.39 is 0 Å². The lowest BCUT2D eigenvalue weighted by Gasteiger charge is -2.24. The van der Waals surface area contributed by atoms with Gasteiger partial charge < -0.3 is 9.64 Å². The Balaban J connectivity index is 1.55. The molecule has 1 saturated heterocycles. The molecule has 0 bridgehead atoms. The monoisotopic (exact) mass is 373 g/mol. The Labute approximate surface area is 165 Å². The molecule has 1 unspecified atom stereocenters. The topological polar surface area (TPSA) is 55.3 Å². The lowest BCUT2D eigenvalue weighted by atomic mass is 10.1. The molecule has 1 aliphatic heterocycles. The fourth-order valence-corrected chi connectivity index (χ4v) is 3.75. The molecule has 5 heteroatoms. The van der Waals surface area contributed by atoms with E-state index in [1.807, 2.05) is 41.3 Å². The van der Waals surface area contributed by atoms with Crippen LogP contribution < -0.4 is 4.74 Å². The number of ether oxygens (including phenoxy) is 1. The Bertz CT molecular complexity index is 959. The second-order valence-electron chi connectivity index (χ2n) is 6.97. The Morgan fingerprint density at radius 2 is 1.96 bits per heavy atom. The number of likely N-dealkylation sites (tertiary alicyclic amines) is 1. The van der Waals surface area contributed by atoms with Crippen LogP contribution in [0.3, 0.4) is 0 Å². The van der Waals surface area contributed by atoms with E-state index >= 15 is 0 Å². The lowest BCUT2D eigenvalue weighted by Crippen LogP contribution is -2.31. The highest BCUT2D eigenvalue weighted by atomic mass is 16.5. The average Bonchev–Trinajstić information content (AvgIpc) is 3.24. The van der Waals surface area contributed by atoms with Gasteiger partial charge in [-0.05, 0) is 54.8 Å². The molecule has 1 fully saturated rings. The zero-order chi connectivity index (χ0) is 19.3. The van der Waals surface area contributed by atoms with Crippen molar-refractivity contribution in [2.24, 2.45) is 0 Å². The number of rotatable bonds is 5. The van der Waals surface area contributed by atoms with Crippen molar-refractivity contribution >= 4 is 5.91 Å². The fourth-order valence-electron chi connectivity index (χ4n) is 3.75. The van der Waals surface area contributed by atoms with E-state index in [-0.39, 0.29) is 11.9 Å². The summed E-state index contributed by atoms with van der Waals surface area (Å²) in [5.41, 5.74) is 3.78. The van der Waals surface area contributed by atoms with Crippen molar-refractivity contribution in [3.8, 4) is 5.75 Å². The van der Waals surface area contributed by atoms with E-state index in [4.69, 9.17) is 9.72 Å². The van der Waals surface area contributed by atoms with Gasteiger partial charge in [-0.25, -0.2) is 0 Å². The van der Waals surface area contributed by atoms with E-state index in [0.717, 1.165) is 48.5 Å². The predicted molar refractivity (Wildman–Crippen MR) is 107 cm³/mol. The van der Waals surface area contributed by atoms with Crippen LogP contribution in [0.2, 0.25) is 0 Å². The van der Waals surface area contributed by atoms with Crippen molar-refractivity contribution in [1.82, 2.24) is 14.9 Å². The summed E-state index contributed by atoms with van der Waals surface area (Å²) in [6.45, 7) is 0.758. The van der Waals surface area contributed by atoms with Crippen molar-refractivity contribution in [2.75, 3.05) is 13.7 Å². The largest absolute Gasteiger partial charge is 0.497 e. The quantitative estimate of drug-likeness (QED) is 0.677. The molecule has 5 nitrogen and oxygen atoms in total. The zero-order valence-corrected chi connectivity index (χ0v) is 15.9. The number of pyridine rings is 2. The number of hydrogen-bond donors (Lipinski definition) is 0. The van der Waals surface area contributed by atoms with Gasteiger partial charge in [-0.15, -0.1) is 0 Å². The third-order valence-electron chi connectivity index (χ3n) is 5.13. The van der Waals surface area contributed by atoms with Gasteiger partial charge in [0, 0.05) is 36.6 Å². The normalized spacial score (nSPS) is 16.2. The number of methoxy groups -OCH3 is 1. The molecule has 1 aliphatic rings. The minimum atomic E-state index is 0.0194. The number of nitrogens with zero attached hydrogens (tertiary/aromatic N) is 3. The van der Waals surface area contributed by atoms with Crippen molar-refractivity contribution < 1.29 is 9.53 Å². The summed E-state index contributed by atoms with van der Waals surface area (Å²) in [4.78, 5) is 23.8. The van der Waals surface area contributed by atoms with Crippen LogP contribution in [0.4, 0.5) is 0 Å². The highest BCUT2D eigenvalue weighted by Gasteiger charge is 2.31. The minimum absolute atomic E-state index is 0.0194. The van der Waals surface area contributed by atoms with E-state index in [1.165, 1.54) is 0 Å². The molecular formula is C23H23N3O2. The first-order valence-electron chi connectivity index (χ1n) is 9.54. The van der Waals surface area contributed by atoms with Gasteiger partial charge in [0.1, 0.15) is 5.75 Å². The zero-order valence-electron chi connectivity index (χ0n) is 15.9. The molecule has 0 radical (unpaired) electrons. The van der Waals surface area contributed by atoms with Gasteiger partial charge in [-0.2, -0.15) is 0 Å². The summed E-state index contributed by atoms with van der Waals surface area (Å²) in [5.74, 6) is 0.892. The SMILES string of the molecule is COc1cccc(Cc2cccc(C3CCCN3C(=O)c3ccncc3)n2)c1. The molecule has 0 aliphatic carbocycles. The maximum atomic E-state index is 12.9. The predicted octanol–water partition coefficient (Wildman–Crippen LogP) is 4.05. The third kappa shape index (κ3) is 3.88. The summed E-state index contributed by atoms with van der Waals surface area (Å²) < 4.78 is 5.31. The molecule has 4 rings (SSSR count). The van der Waals surface area contributed by atoms with E-state index in [2.05, 4.69) is 11.1 Å². The van der Waals surface area contributed by atoms with Crippen LogP contribution in [0.1, 0.15) is 46.2 Å². The number of carbonyl (C=O) groups excluding carboxylic acids is 1. The smallest absolute Gasteiger partial charge is 0.254 e. The Hall–Kier alpha value is -3.21. The first kappa shape index (κ1) is 18.2. The number of benzene rings is 1. The van der Waals surface area contributed by atoms with Gasteiger partial charge >= 0.3 is 0 Å². The molecule has 0 spiro atoms. The summed E-state index contributed by atoms with van der Waals surface area (Å²) in [6.07, 6.45) is 5.97. The molecule has 1 amide bonds. The van der Waals surface area contributed by atoms with Gasteiger partial charge in [0.05, 0.1) is 18.8 Å². The number of carbonyl (C=O) groups is 1.